The lowest BCUT2D eigenvalue weighted by Gasteiger charge is -2.41. The summed E-state index contributed by atoms with van der Waals surface area (Å²) < 4.78 is 24.1. The van der Waals surface area contributed by atoms with Crippen molar-refractivity contribution in [2.75, 3.05) is 78.6 Å². The zero-order valence-corrected chi connectivity index (χ0v) is 38.3. The molecule has 1 aliphatic heterocycles. The normalized spacial score (nSPS) is 17.4. The van der Waals surface area contributed by atoms with Gasteiger partial charge in [0.15, 0.2) is 0 Å². The van der Waals surface area contributed by atoms with Crippen LogP contribution < -0.4 is 17.2 Å². The summed E-state index contributed by atoms with van der Waals surface area (Å²) in [7, 11) is 0. The molecule has 0 aliphatic carbocycles. The fourth-order valence-corrected chi connectivity index (χ4v) is 7.94. The summed E-state index contributed by atoms with van der Waals surface area (Å²) in [6.45, 7) is 14.2. The zero-order chi connectivity index (χ0) is 45.5. The molecule has 4 unspecified atom stereocenters. The van der Waals surface area contributed by atoms with Gasteiger partial charge in [0.2, 0.25) is 0 Å². The highest BCUT2D eigenvalue weighted by Gasteiger charge is 2.35. The standard InChI is InChI=1S/C49H75N7O7/c1-39(20-23-50)53-26-30-55(44(22-25-52)47(58)61-36-41-16-10-6-11-17-41)32-28-54(43(21-24-51)38-60-35-40-14-8-5-9-15-40)29-33-56(31-27-53)45(34-46(57)63-49(2,3)4)48(59)62-37-42-18-12-7-13-19-42/h5-19,39,43-45H,20-38,50-52H2,1-4H3. The first kappa shape index (κ1) is 51.4. The second kappa shape index (κ2) is 27.8. The number of carbonyl (C=O) groups excluding carboxylic acids is 3. The van der Waals surface area contributed by atoms with Crippen LogP contribution in [0.5, 0.6) is 0 Å². The topological polar surface area (TPSA) is 179 Å². The largest absolute Gasteiger partial charge is 0.460 e. The number of hydrogen-bond acceptors (Lipinski definition) is 14. The fraction of sp³-hybridized carbons (Fsp3) is 0.571. The van der Waals surface area contributed by atoms with Gasteiger partial charge in [-0.05, 0) is 83.3 Å². The van der Waals surface area contributed by atoms with Gasteiger partial charge in [-0.3, -0.25) is 34.0 Å². The van der Waals surface area contributed by atoms with Crippen molar-refractivity contribution in [3.63, 3.8) is 0 Å². The van der Waals surface area contributed by atoms with E-state index in [1.807, 2.05) is 112 Å². The molecule has 0 amide bonds. The van der Waals surface area contributed by atoms with Gasteiger partial charge in [-0.15, -0.1) is 0 Å². The van der Waals surface area contributed by atoms with Crippen LogP contribution in [0.4, 0.5) is 0 Å². The second-order valence-electron chi connectivity index (χ2n) is 17.4. The Morgan fingerprint density at radius 1 is 0.556 bits per heavy atom. The molecule has 6 N–H and O–H groups in total. The molecule has 0 bridgehead atoms. The lowest BCUT2D eigenvalue weighted by molar-refractivity contribution is -0.163. The smallest absolute Gasteiger partial charge is 0.324 e. The van der Waals surface area contributed by atoms with Crippen molar-refractivity contribution in [2.24, 2.45) is 17.2 Å². The van der Waals surface area contributed by atoms with Crippen molar-refractivity contribution >= 4 is 17.9 Å². The minimum absolute atomic E-state index is 0.0784. The average molecular weight is 874 g/mol. The Kier molecular flexibility index (Phi) is 22.7. The monoisotopic (exact) mass is 874 g/mol. The molecule has 0 aromatic heterocycles. The van der Waals surface area contributed by atoms with E-state index in [4.69, 9.17) is 36.1 Å². The number of rotatable bonds is 22. The Morgan fingerprint density at radius 3 is 1.43 bits per heavy atom. The molecule has 1 heterocycles. The van der Waals surface area contributed by atoms with Crippen molar-refractivity contribution < 1.29 is 33.3 Å². The third-order valence-corrected chi connectivity index (χ3v) is 11.4. The van der Waals surface area contributed by atoms with Crippen molar-refractivity contribution in [3.05, 3.63) is 108 Å². The van der Waals surface area contributed by atoms with Gasteiger partial charge in [0.25, 0.3) is 0 Å². The molecule has 63 heavy (non-hydrogen) atoms. The summed E-state index contributed by atoms with van der Waals surface area (Å²) >= 11 is 0. The summed E-state index contributed by atoms with van der Waals surface area (Å²) in [4.78, 5) is 50.9. The number of nitrogens with zero attached hydrogens (tertiary/aromatic N) is 4. The van der Waals surface area contributed by atoms with E-state index in [0.29, 0.717) is 98.0 Å². The van der Waals surface area contributed by atoms with Gasteiger partial charge in [-0.25, -0.2) is 0 Å². The van der Waals surface area contributed by atoms with Gasteiger partial charge in [0, 0.05) is 64.4 Å². The Morgan fingerprint density at radius 2 is 0.968 bits per heavy atom. The number of esters is 3. The molecule has 14 nitrogen and oxygen atoms in total. The third-order valence-electron chi connectivity index (χ3n) is 11.4. The summed E-state index contributed by atoms with van der Waals surface area (Å²) in [5.41, 5.74) is 20.7. The van der Waals surface area contributed by atoms with Crippen molar-refractivity contribution in [1.82, 2.24) is 19.6 Å². The molecular formula is C49H75N7O7. The van der Waals surface area contributed by atoms with Gasteiger partial charge in [-0.1, -0.05) is 91.0 Å². The number of nitrogens with two attached hydrogens (primary N) is 3. The summed E-state index contributed by atoms with van der Waals surface area (Å²) in [6.07, 6.45) is 1.67. The zero-order valence-electron chi connectivity index (χ0n) is 38.3. The van der Waals surface area contributed by atoms with Gasteiger partial charge in [-0.2, -0.15) is 0 Å². The Bertz CT molecular complexity index is 1730. The van der Waals surface area contributed by atoms with E-state index >= 15 is 0 Å². The van der Waals surface area contributed by atoms with Gasteiger partial charge >= 0.3 is 17.9 Å². The lowest BCUT2D eigenvalue weighted by Crippen LogP contribution is -2.56. The number of benzene rings is 3. The van der Waals surface area contributed by atoms with Gasteiger partial charge in [0.05, 0.1) is 19.6 Å². The molecule has 0 radical (unpaired) electrons. The van der Waals surface area contributed by atoms with Crippen LogP contribution in [0, 0.1) is 0 Å². The number of ether oxygens (including phenoxy) is 4. The van der Waals surface area contributed by atoms with Crippen molar-refractivity contribution in [1.29, 1.82) is 0 Å². The van der Waals surface area contributed by atoms with Crippen LogP contribution in [0.3, 0.4) is 0 Å². The quantitative estimate of drug-likeness (QED) is 0.0967. The molecule has 1 aliphatic rings. The first-order valence-corrected chi connectivity index (χ1v) is 22.7. The molecule has 1 saturated heterocycles. The van der Waals surface area contributed by atoms with Crippen LogP contribution in [0.1, 0.15) is 70.1 Å². The van der Waals surface area contributed by atoms with Gasteiger partial charge in [0.1, 0.15) is 30.9 Å². The molecule has 0 saturated carbocycles. The predicted octanol–water partition coefficient (Wildman–Crippen LogP) is 4.18. The highest BCUT2D eigenvalue weighted by Crippen LogP contribution is 2.19. The van der Waals surface area contributed by atoms with Crippen LogP contribution >= 0.6 is 0 Å². The van der Waals surface area contributed by atoms with E-state index in [1.165, 1.54) is 0 Å². The molecule has 4 rings (SSSR count). The highest BCUT2D eigenvalue weighted by atomic mass is 16.6. The molecule has 3 aromatic carbocycles. The number of hydrogen-bond donors (Lipinski definition) is 3. The minimum atomic E-state index is -0.910. The fourth-order valence-electron chi connectivity index (χ4n) is 7.94. The molecule has 0 spiro atoms. The van der Waals surface area contributed by atoms with E-state index in [1.54, 1.807) is 0 Å². The van der Waals surface area contributed by atoms with E-state index in [-0.39, 0.29) is 37.7 Å². The maximum atomic E-state index is 14.3. The highest BCUT2D eigenvalue weighted by molar-refractivity contribution is 5.83. The second-order valence-corrected chi connectivity index (χ2v) is 17.4. The molecule has 1 fully saturated rings. The Balaban J connectivity index is 1.69. The third kappa shape index (κ3) is 18.8. The molecule has 3 aromatic rings. The van der Waals surface area contributed by atoms with Crippen LogP contribution in [-0.4, -0.2) is 146 Å². The van der Waals surface area contributed by atoms with Gasteiger partial charge < -0.3 is 36.1 Å². The summed E-state index contributed by atoms with van der Waals surface area (Å²) in [5.74, 6) is -1.27. The van der Waals surface area contributed by atoms with Crippen LogP contribution in [0.15, 0.2) is 91.0 Å². The van der Waals surface area contributed by atoms with Crippen LogP contribution in [-0.2, 0) is 53.2 Å². The Hall–Kier alpha value is -4.25. The predicted molar refractivity (Wildman–Crippen MR) is 247 cm³/mol. The van der Waals surface area contributed by atoms with Crippen LogP contribution in [0.25, 0.3) is 0 Å². The maximum absolute atomic E-state index is 14.3. The molecule has 14 heteroatoms. The summed E-state index contributed by atoms with van der Waals surface area (Å²) in [6, 6.07) is 27.8. The maximum Gasteiger partial charge on any atom is 0.324 e. The average Bonchev–Trinajstić information content (AvgIpc) is 3.26. The van der Waals surface area contributed by atoms with E-state index in [2.05, 4.69) is 26.5 Å². The summed E-state index contributed by atoms with van der Waals surface area (Å²) in [5, 5.41) is 0. The minimum Gasteiger partial charge on any atom is -0.460 e. The SMILES string of the molecule is CC(CCN)N1CCN(C(CCN)C(=O)OCc2ccccc2)CCN(C(CCN)COCc2ccccc2)CCN(C(CC(=O)OC(C)(C)C)C(=O)OCc2ccccc2)CC1. The van der Waals surface area contributed by atoms with Crippen molar-refractivity contribution in [3.8, 4) is 0 Å². The van der Waals surface area contributed by atoms with Crippen LogP contribution in [0.2, 0.25) is 0 Å². The Labute approximate surface area is 376 Å². The first-order chi connectivity index (χ1) is 30.4. The van der Waals surface area contributed by atoms with Crippen molar-refractivity contribution in [2.45, 2.75) is 103 Å². The lowest BCUT2D eigenvalue weighted by atomic mass is 10.1. The number of carbonyl (C=O) groups is 3. The van der Waals surface area contributed by atoms with E-state index in [0.717, 1.165) is 23.1 Å². The van der Waals surface area contributed by atoms with E-state index in [9.17, 15) is 14.4 Å². The van der Waals surface area contributed by atoms with E-state index < -0.39 is 29.6 Å². The molecule has 348 valence electrons. The first-order valence-electron chi connectivity index (χ1n) is 22.7. The molecule has 4 atom stereocenters. The molecular weight excluding hydrogens is 799 g/mol.